The molecule has 1 amide bonds. The Balaban J connectivity index is 1.57. The molecule has 0 unspecified atom stereocenters. The van der Waals surface area contributed by atoms with Crippen LogP contribution in [0, 0.1) is 11.8 Å². The van der Waals surface area contributed by atoms with E-state index in [2.05, 4.69) is 24.1 Å². The summed E-state index contributed by atoms with van der Waals surface area (Å²) in [6.45, 7) is 11.2. The van der Waals surface area contributed by atoms with E-state index in [1.807, 2.05) is 4.90 Å². The monoisotopic (exact) mass is 267 g/mol. The fourth-order valence-electron chi connectivity index (χ4n) is 2.48. The van der Waals surface area contributed by atoms with E-state index in [1.165, 1.54) is 25.8 Å². The van der Waals surface area contributed by atoms with Crippen LogP contribution in [0.2, 0.25) is 0 Å². The third kappa shape index (κ3) is 5.49. The van der Waals surface area contributed by atoms with Crippen molar-refractivity contribution in [2.75, 3.05) is 45.8 Å². The summed E-state index contributed by atoms with van der Waals surface area (Å²) in [5.74, 6) is 1.90. The van der Waals surface area contributed by atoms with Crippen molar-refractivity contribution in [1.82, 2.24) is 15.1 Å². The van der Waals surface area contributed by atoms with Gasteiger partial charge in [0.25, 0.3) is 0 Å². The minimum atomic E-state index is 0.282. The molecule has 2 aliphatic rings. The number of piperazine rings is 1. The first-order valence-electron chi connectivity index (χ1n) is 7.86. The van der Waals surface area contributed by atoms with Crippen LogP contribution in [-0.2, 0) is 4.79 Å². The summed E-state index contributed by atoms with van der Waals surface area (Å²) < 4.78 is 0. The Labute approximate surface area is 117 Å². The van der Waals surface area contributed by atoms with Gasteiger partial charge < -0.3 is 10.2 Å². The molecule has 1 aliphatic carbocycles. The minimum Gasteiger partial charge on any atom is -0.339 e. The number of amides is 1. The number of carbonyl (C=O) groups is 1. The van der Waals surface area contributed by atoms with Crippen LogP contribution in [0.4, 0.5) is 0 Å². The van der Waals surface area contributed by atoms with Crippen LogP contribution in [0.5, 0.6) is 0 Å². The van der Waals surface area contributed by atoms with Crippen molar-refractivity contribution >= 4 is 5.91 Å². The van der Waals surface area contributed by atoms with Crippen molar-refractivity contribution in [3.8, 4) is 0 Å². The van der Waals surface area contributed by atoms with Crippen molar-refractivity contribution in [1.29, 1.82) is 0 Å². The molecule has 2 rings (SSSR count). The van der Waals surface area contributed by atoms with Crippen molar-refractivity contribution in [2.24, 2.45) is 11.8 Å². The predicted molar refractivity (Wildman–Crippen MR) is 78.1 cm³/mol. The average Bonchev–Trinajstić information content (AvgIpc) is 3.21. The number of nitrogens with zero attached hydrogens (tertiary/aromatic N) is 2. The molecular weight excluding hydrogens is 238 g/mol. The lowest BCUT2D eigenvalue weighted by molar-refractivity contribution is -0.132. The summed E-state index contributed by atoms with van der Waals surface area (Å²) in [5, 5.41) is 3.29. The zero-order chi connectivity index (χ0) is 13.7. The van der Waals surface area contributed by atoms with Crippen LogP contribution >= 0.6 is 0 Å². The van der Waals surface area contributed by atoms with Gasteiger partial charge in [-0.2, -0.15) is 0 Å². The van der Waals surface area contributed by atoms with Gasteiger partial charge in [-0.3, -0.25) is 9.69 Å². The first-order chi connectivity index (χ1) is 9.15. The van der Waals surface area contributed by atoms with Gasteiger partial charge in [-0.1, -0.05) is 13.8 Å². The Morgan fingerprint density at radius 2 is 1.89 bits per heavy atom. The summed E-state index contributed by atoms with van der Waals surface area (Å²) in [6.07, 6.45) is 3.95. The number of nitrogens with one attached hydrogen (secondary N) is 1. The van der Waals surface area contributed by atoms with E-state index >= 15 is 0 Å². The Morgan fingerprint density at radius 1 is 1.21 bits per heavy atom. The summed E-state index contributed by atoms with van der Waals surface area (Å²) in [4.78, 5) is 16.5. The van der Waals surface area contributed by atoms with E-state index in [0.29, 0.717) is 6.54 Å². The fraction of sp³-hybridized carbons (Fsp3) is 0.933. The Kier molecular flexibility index (Phi) is 5.64. The average molecular weight is 267 g/mol. The zero-order valence-electron chi connectivity index (χ0n) is 12.5. The van der Waals surface area contributed by atoms with Gasteiger partial charge in [-0.05, 0) is 44.2 Å². The normalized spacial score (nSPS) is 21.1. The number of carbonyl (C=O) groups excluding carboxylic acids is 1. The highest BCUT2D eigenvalue weighted by molar-refractivity contribution is 5.78. The molecular formula is C15H29N3O. The van der Waals surface area contributed by atoms with Crippen LogP contribution in [0.15, 0.2) is 0 Å². The molecule has 1 aliphatic heterocycles. The molecule has 4 nitrogen and oxygen atoms in total. The van der Waals surface area contributed by atoms with Crippen LogP contribution in [-0.4, -0.2) is 61.5 Å². The van der Waals surface area contributed by atoms with Crippen LogP contribution in [0.3, 0.4) is 0 Å². The summed E-state index contributed by atoms with van der Waals surface area (Å²) >= 11 is 0. The maximum absolute atomic E-state index is 12.0. The molecule has 0 radical (unpaired) electrons. The number of hydrogen-bond donors (Lipinski definition) is 1. The quantitative estimate of drug-likeness (QED) is 0.752. The molecule has 1 heterocycles. The molecule has 0 atom stereocenters. The van der Waals surface area contributed by atoms with Gasteiger partial charge in [0.2, 0.25) is 5.91 Å². The molecule has 0 spiro atoms. The molecule has 4 heteroatoms. The summed E-state index contributed by atoms with van der Waals surface area (Å²) in [7, 11) is 0. The smallest absolute Gasteiger partial charge is 0.236 e. The van der Waals surface area contributed by atoms with Crippen LogP contribution in [0.1, 0.15) is 33.1 Å². The standard InChI is InChI=1S/C15H29N3O/c1-13(2)5-6-17-7-9-18(10-8-17)15(19)12-16-11-14-3-4-14/h13-14,16H,3-12H2,1-2H3. The maximum atomic E-state index is 12.0. The molecule has 1 saturated carbocycles. The van der Waals surface area contributed by atoms with E-state index in [-0.39, 0.29) is 5.91 Å². The first kappa shape index (κ1) is 14.8. The molecule has 2 fully saturated rings. The van der Waals surface area contributed by atoms with Crippen molar-refractivity contribution < 1.29 is 4.79 Å². The second-order valence-electron chi connectivity index (χ2n) is 6.48. The van der Waals surface area contributed by atoms with Gasteiger partial charge in [0.15, 0.2) is 0 Å². The molecule has 1 saturated heterocycles. The van der Waals surface area contributed by atoms with E-state index in [9.17, 15) is 4.79 Å². The lowest BCUT2D eigenvalue weighted by atomic mass is 10.1. The van der Waals surface area contributed by atoms with Crippen LogP contribution in [0.25, 0.3) is 0 Å². The van der Waals surface area contributed by atoms with Crippen molar-refractivity contribution in [2.45, 2.75) is 33.1 Å². The highest BCUT2D eigenvalue weighted by Gasteiger charge is 2.23. The SMILES string of the molecule is CC(C)CCN1CCN(C(=O)CNCC2CC2)CC1. The highest BCUT2D eigenvalue weighted by atomic mass is 16.2. The molecule has 110 valence electrons. The van der Waals surface area contributed by atoms with Crippen LogP contribution < -0.4 is 5.32 Å². The Hall–Kier alpha value is -0.610. The summed E-state index contributed by atoms with van der Waals surface area (Å²) in [5.41, 5.74) is 0. The lowest BCUT2D eigenvalue weighted by Gasteiger charge is -2.35. The van der Waals surface area contributed by atoms with E-state index in [4.69, 9.17) is 0 Å². The van der Waals surface area contributed by atoms with Gasteiger partial charge in [-0.25, -0.2) is 0 Å². The zero-order valence-corrected chi connectivity index (χ0v) is 12.5. The highest BCUT2D eigenvalue weighted by Crippen LogP contribution is 2.27. The second kappa shape index (κ2) is 7.25. The predicted octanol–water partition coefficient (Wildman–Crippen LogP) is 1.18. The minimum absolute atomic E-state index is 0.282. The van der Waals surface area contributed by atoms with Crippen molar-refractivity contribution in [3.05, 3.63) is 0 Å². The maximum Gasteiger partial charge on any atom is 0.236 e. The first-order valence-corrected chi connectivity index (χ1v) is 7.86. The van der Waals surface area contributed by atoms with Crippen molar-refractivity contribution in [3.63, 3.8) is 0 Å². The molecule has 0 aromatic heterocycles. The fourth-order valence-corrected chi connectivity index (χ4v) is 2.48. The van der Waals surface area contributed by atoms with Gasteiger partial charge in [0.1, 0.15) is 0 Å². The van der Waals surface area contributed by atoms with Gasteiger partial charge in [0, 0.05) is 26.2 Å². The number of hydrogen-bond acceptors (Lipinski definition) is 3. The number of rotatable bonds is 7. The topological polar surface area (TPSA) is 35.6 Å². The van der Waals surface area contributed by atoms with Gasteiger partial charge >= 0.3 is 0 Å². The third-order valence-corrected chi connectivity index (χ3v) is 4.15. The largest absolute Gasteiger partial charge is 0.339 e. The van der Waals surface area contributed by atoms with E-state index in [1.54, 1.807) is 0 Å². The van der Waals surface area contributed by atoms with E-state index in [0.717, 1.165) is 44.6 Å². The molecule has 19 heavy (non-hydrogen) atoms. The van der Waals surface area contributed by atoms with Gasteiger partial charge in [-0.15, -0.1) is 0 Å². The summed E-state index contributed by atoms with van der Waals surface area (Å²) in [6, 6.07) is 0. The molecule has 0 aromatic carbocycles. The molecule has 1 N–H and O–H groups in total. The Morgan fingerprint density at radius 3 is 2.47 bits per heavy atom. The Bertz CT molecular complexity index is 281. The van der Waals surface area contributed by atoms with Gasteiger partial charge in [0.05, 0.1) is 6.54 Å². The van der Waals surface area contributed by atoms with E-state index < -0.39 is 0 Å². The molecule has 0 aromatic rings. The second-order valence-corrected chi connectivity index (χ2v) is 6.48. The molecule has 0 bridgehead atoms. The third-order valence-electron chi connectivity index (χ3n) is 4.15. The lowest BCUT2D eigenvalue weighted by Crippen LogP contribution is -2.51.